The number of halogens is 1. The summed E-state index contributed by atoms with van der Waals surface area (Å²) < 4.78 is 0. The lowest BCUT2D eigenvalue weighted by atomic mass is 9.98. The maximum atomic E-state index is 10.9. The topological polar surface area (TPSA) is 40.5 Å². The summed E-state index contributed by atoms with van der Waals surface area (Å²) in [5.74, 6) is -0.811. The minimum Gasteiger partial charge on any atom is -1.00 e. The first kappa shape index (κ1) is 15.0. The van der Waals surface area contributed by atoms with Crippen LogP contribution in [0.25, 0.3) is 0 Å². The highest BCUT2D eigenvalue weighted by atomic mass is 35.5. The van der Waals surface area contributed by atoms with Gasteiger partial charge in [0.05, 0.1) is 5.92 Å². The predicted octanol–water partition coefficient (Wildman–Crippen LogP) is -0.970. The van der Waals surface area contributed by atoms with Crippen molar-refractivity contribution in [1.82, 2.24) is 4.90 Å². The molecule has 1 aliphatic heterocycles. The standard InChI is InChI=1S/C14H19NO2.ClH/c16-14(17)13-7-4-9-15(11-13)10-8-12-5-2-1-3-6-12;/h1-3,5-6,13H,4,7-11H2,(H,16,17);1H/p-1. The van der Waals surface area contributed by atoms with Crippen molar-refractivity contribution in [2.24, 2.45) is 5.92 Å². The molecule has 1 saturated heterocycles. The van der Waals surface area contributed by atoms with Crippen molar-refractivity contribution in [3.05, 3.63) is 35.9 Å². The van der Waals surface area contributed by atoms with Crippen molar-refractivity contribution >= 4 is 5.97 Å². The highest BCUT2D eigenvalue weighted by Gasteiger charge is 2.24. The first-order chi connectivity index (χ1) is 8.25. The molecule has 1 aromatic carbocycles. The van der Waals surface area contributed by atoms with Crippen molar-refractivity contribution in [3.63, 3.8) is 0 Å². The molecule has 0 saturated carbocycles. The van der Waals surface area contributed by atoms with Crippen LogP contribution in [0.5, 0.6) is 0 Å². The largest absolute Gasteiger partial charge is 1.00 e. The van der Waals surface area contributed by atoms with E-state index in [1.54, 1.807) is 0 Å². The van der Waals surface area contributed by atoms with Gasteiger partial charge in [0.15, 0.2) is 0 Å². The molecule has 0 spiro atoms. The van der Waals surface area contributed by atoms with Crippen LogP contribution in [0.15, 0.2) is 30.3 Å². The Morgan fingerprint density at radius 2 is 2.06 bits per heavy atom. The molecule has 1 unspecified atom stereocenters. The van der Waals surface area contributed by atoms with Crippen molar-refractivity contribution in [2.75, 3.05) is 19.6 Å². The summed E-state index contributed by atoms with van der Waals surface area (Å²) in [5, 5.41) is 9.01. The van der Waals surface area contributed by atoms with Crippen molar-refractivity contribution < 1.29 is 22.3 Å². The molecule has 1 heterocycles. The van der Waals surface area contributed by atoms with Gasteiger partial charge in [-0.15, -0.1) is 0 Å². The van der Waals surface area contributed by atoms with Gasteiger partial charge in [0.1, 0.15) is 0 Å². The summed E-state index contributed by atoms with van der Waals surface area (Å²) in [6.07, 6.45) is 2.84. The molecule has 100 valence electrons. The van der Waals surface area contributed by atoms with E-state index in [1.165, 1.54) is 5.56 Å². The summed E-state index contributed by atoms with van der Waals surface area (Å²) in [4.78, 5) is 13.2. The number of piperidine rings is 1. The lowest BCUT2D eigenvalue weighted by molar-refractivity contribution is -0.143. The number of rotatable bonds is 4. The normalized spacial score (nSPS) is 20.1. The zero-order valence-electron chi connectivity index (χ0n) is 10.4. The molecule has 0 bridgehead atoms. The molecule has 1 fully saturated rings. The van der Waals surface area contributed by atoms with Crippen LogP contribution >= 0.6 is 0 Å². The molecule has 0 aromatic heterocycles. The second-order valence-corrected chi connectivity index (χ2v) is 4.71. The SMILES string of the molecule is O=C(O)C1CCCN(CCc2ccccc2)C1.[Cl-]. The van der Waals surface area contributed by atoms with Crippen molar-refractivity contribution in [2.45, 2.75) is 19.3 Å². The number of hydrogen-bond acceptors (Lipinski definition) is 2. The summed E-state index contributed by atoms with van der Waals surface area (Å²) in [6.45, 7) is 2.71. The number of nitrogens with zero attached hydrogens (tertiary/aromatic N) is 1. The molecular formula is C14H19ClNO2-. The molecule has 2 rings (SSSR count). The van der Waals surface area contributed by atoms with Gasteiger partial charge in [0.2, 0.25) is 0 Å². The van der Waals surface area contributed by atoms with Gasteiger partial charge in [-0.3, -0.25) is 4.79 Å². The Balaban J connectivity index is 0.00000162. The van der Waals surface area contributed by atoms with Crippen LogP contribution < -0.4 is 12.4 Å². The average Bonchev–Trinajstić information content (AvgIpc) is 2.38. The van der Waals surface area contributed by atoms with Gasteiger partial charge in [-0.2, -0.15) is 0 Å². The second kappa shape index (κ2) is 7.39. The molecule has 18 heavy (non-hydrogen) atoms. The Morgan fingerprint density at radius 1 is 1.33 bits per heavy atom. The highest BCUT2D eigenvalue weighted by Crippen LogP contribution is 2.16. The summed E-state index contributed by atoms with van der Waals surface area (Å²) in [6, 6.07) is 10.4. The minimum atomic E-state index is -0.644. The van der Waals surface area contributed by atoms with Crippen molar-refractivity contribution in [3.8, 4) is 0 Å². The summed E-state index contributed by atoms with van der Waals surface area (Å²) in [5.41, 5.74) is 1.32. The molecular weight excluding hydrogens is 250 g/mol. The summed E-state index contributed by atoms with van der Waals surface area (Å²) >= 11 is 0. The Morgan fingerprint density at radius 3 is 2.72 bits per heavy atom. The fraction of sp³-hybridized carbons (Fsp3) is 0.500. The number of carboxylic acid groups (broad SMARTS) is 1. The molecule has 0 aliphatic carbocycles. The average molecular weight is 269 g/mol. The molecule has 1 aromatic rings. The third-order valence-corrected chi connectivity index (χ3v) is 3.41. The highest BCUT2D eigenvalue weighted by molar-refractivity contribution is 5.70. The molecule has 4 heteroatoms. The number of carboxylic acids is 1. The van der Waals surface area contributed by atoms with E-state index < -0.39 is 5.97 Å². The van der Waals surface area contributed by atoms with Crippen LogP contribution in [-0.2, 0) is 11.2 Å². The van der Waals surface area contributed by atoms with E-state index in [1.807, 2.05) is 18.2 Å². The molecule has 1 aliphatic rings. The van der Waals surface area contributed by atoms with E-state index in [-0.39, 0.29) is 18.3 Å². The van der Waals surface area contributed by atoms with Crippen molar-refractivity contribution in [1.29, 1.82) is 0 Å². The fourth-order valence-corrected chi connectivity index (χ4v) is 2.39. The zero-order valence-corrected chi connectivity index (χ0v) is 11.1. The van der Waals surface area contributed by atoms with Gasteiger partial charge in [0, 0.05) is 13.1 Å². The number of benzene rings is 1. The third-order valence-electron chi connectivity index (χ3n) is 3.41. The molecule has 0 amide bonds. The predicted molar refractivity (Wildman–Crippen MR) is 66.9 cm³/mol. The monoisotopic (exact) mass is 268 g/mol. The van der Waals surface area contributed by atoms with Crippen LogP contribution in [0.3, 0.4) is 0 Å². The van der Waals surface area contributed by atoms with E-state index in [2.05, 4.69) is 17.0 Å². The van der Waals surface area contributed by atoms with Gasteiger partial charge in [-0.25, -0.2) is 0 Å². The van der Waals surface area contributed by atoms with Crippen LogP contribution in [0, 0.1) is 5.92 Å². The van der Waals surface area contributed by atoms with Gasteiger partial charge in [-0.05, 0) is 31.4 Å². The number of aliphatic carboxylic acids is 1. The van der Waals surface area contributed by atoms with Crippen LogP contribution in [0.4, 0.5) is 0 Å². The van der Waals surface area contributed by atoms with Gasteiger partial charge >= 0.3 is 5.97 Å². The maximum absolute atomic E-state index is 10.9. The quantitative estimate of drug-likeness (QED) is 0.764. The Hall–Kier alpha value is -1.06. The number of hydrogen-bond donors (Lipinski definition) is 1. The lowest BCUT2D eigenvalue weighted by Gasteiger charge is -2.30. The lowest BCUT2D eigenvalue weighted by Crippen LogP contribution is -3.00. The minimum absolute atomic E-state index is 0. The fourth-order valence-electron chi connectivity index (χ4n) is 2.39. The van der Waals surface area contributed by atoms with Gasteiger partial charge in [0.25, 0.3) is 0 Å². The number of carbonyl (C=O) groups is 1. The number of likely N-dealkylation sites (tertiary alicyclic amines) is 1. The molecule has 1 atom stereocenters. The molecule has 3 nitrogen and oxygen atoms in total. The van der Waals surface area contributed by atoms with E-state index in [0.29, 0.717) is 6.54 Å². The van der Waals surface area contributed by atoms with E-state index in [9.17, 15) is 4.79 Å². The van der Waals surface area contributed by atoms with Gasteiger partial charge in [-0.1, -0.05) is 30.3 Å². The Kier molecular flexibility index (Phi) is 6.16. The second-order valence-electron chi connectivity index (χ2n) is 4.71. The maximum Gasteiger partial charge on any atom is 0.307 e. The Bertz CT molecular complexity index is 369. The first-order valence-electron chi connectivity index (χ1n) is 6.25. The van der Waals surface area contributed by atoms with Crippen LogP contribution in [0.1, 0.15) is 18.4 Å². The summed E-state index contributed by atoms with van der Waals surface area (Å²) in [7, 11) is 0. The third kappa shape index (κ3) is 4.31. The van der Waals surface area contributed by atoms with Crippen LogP contribution in [0.2, 0.25) is 0 Å². The zero-order chi connectivity index (χ0) is 12.1. The van der Waals surface area contributed by atoms with E-state index in [4.69, 9.17) is 5.11 Å². The molecule has 1 N–H and O–H groups in total. The van der Waals surface area contributed by atoms with E-state index in [0.717, 1.165) is 32.4 Å². The van der Waals surface area contributed by atoms with Gasteiger partial charge < -0.3 is 22.4 Å². The molecule has 0 radical (unpaired) electrons. The smallest absolute Gasteiger partial charge is 0.307 e. The first-order valence-corrected chi connectivity index (χ1v) is 6.25. The van der Waals surface area contributed by atoms with Crippen LogP contribution in [-0.4, -0.2) is 35.6 Å². The Labute approximate surface area is 114 Å². The van der Waals surface area contributed by atoms with E-state index >= 15 is 0 Å².